The molecule has 0 radical (unpaired) electrons. The molecule has 2 N–H and O–H groups in total. The van der Waals surface area contributed by atoms with Gasteiger partial charge in [-0.05, 0) is 62.3 Å². The Labute approximate surface area is 135 Å². The number of hydrogen-bond acceptors (Lipinski definition) is 2. The van der Waals surface area contributed by atoms with Crippen molar-refractivity contribution in [2.24, 2.45) is 5.92 Å². The van der Waals surface area contributed by atoms with Crippen LogP contribution in [0.4, 0.5) is 5.69 Å². The van der Waals surface area contributed by atoms with Crippen molar-refractivity contribution >= 4 is 27.5 Å². The number of rotatable bonds is 2. The van der Waals surface area contributed by atoms with Crippen molar-refractivity contribution in [1.82, 2.24) is 5.32 Å². The van der Waals surface area contributed by atoms with E-state index in [0.717, 1.165) is 28.1 Å². The van der Waals surface area contributed by atoms with Gasteiger partial charge in [0.1, 0.15) is 0 Å². The van der Waals surface area contributed by atoms with E-state index in [0.29, 0.717) is 6.04 Å². The molecule has 0 bridgehead atoms. The number of carbonyl (C=O) groups excluding carboxylic acids is 1. The number of aryl methyl sites for hydroxylation is 1. The summed E-state index contributed by atoms with van der Waals surface area (Å²) in [6.07, 6.45) is 7.37. The van der Waals surface area contributed by atoms with Crippen molar-refractivity contribution in [3.63, 3.8) is 0 Å². The fraction of sp³-hybridized carbons (Fsp3) is 0.588. The van der Waals surface area contributed by atoms with Crippen molar-refractivity contribution in [1.29, 1.82) is 0 Å². The van der Waals surface area contributed by atoms with Crippen LogP contribution in [-0.4, -0.2) is 18.0 Å². The SMILES string of the molecule is Cc1cc(NC(=O)C2CCC3CCCCC3N2)ccc1Br. The molecule has 1 aromatic carbocycles. The van der Waals surface area contributed by atoms with Crippen LogP contribution in [0.1, 0.15) is 44.1 Å². The number of amides is 1. The predicted octanol–water partition coefficient (Wildman–Crippen LogP) is 4.01. The lowest BCUT2D eigenvalue weighted by molar-refractivity contribution is -0.119. The van der Waals surface area contributed by atoms with E-state index < -0.39 is 0 Å². The smallest absolute Gasteiger partial charge is 0.241 e. The van der Waals surface area contributed by atoms with Crippen molar-refractivity contribution in [3.05, 3.63) is 28.2 Å². The van der Waals surface area contributed by atoms with Gasteiger partial charge in [0.15, 0.2) is 0 Å². The summed E-state index contributed by atoms with van der Waals surface area (Å²) < 4.78 is 1.07. The van der Waals surface area contributed by atoms with Gasteiger partial charge in [-0.25, -0.2) is 0 Å². The van der Waals surface area contributed by atoms with Crippen LogP contribution < -0.4 is 10.6 Å². The number of carbonyl (C=O) groups is 1. The molecule has 0 aromatic heterocycles. The molecule has 2 fully saturated rings. The molecule has 0 spiro atoms. The monoisotopic (exact) mass is 350 g/mol. The van der Waals surface area contributed by atoms with E-state index in [2.05, 4.69) is 26.6 Å². The van der Waals surface area contributed by atoms with Crippen molar-refractivity contribution < 1.29 is 4.79 Å². The molecular formula is C17H23BrN2O. The largest absolute Gasteiger partial charge is 0.325 e. The number of halogens is 1. The van der Waals surface area contributed by atoms with Crippen LogP contribution in [0.3, 0.4) is 0 Å². The third-order valence-corrected chi connectivity index (χ3v) is 5.78. The minimum absolute atomic E-state index is 0.0340. The summed E-state index contributed by atoms with van der Waals surface area (Å²) in [4.78, 5) is 12.5. The number of anilines is 1. The first-order valence-electron chi connectivity index (χ1n) is 7.96. The Morgan fingerprint density at radius 3 is 2.86 bits per heavy atom. The first-order valence-corrected chi connectivity index (χ1v) is 8.76. The van der Waals surface area contributed by atoms with E-state index in [-0.39, 0.29) is 11.9 Å². The van der Waals surface area contributed by atoms with Crippen LogP contribution in [0, 0.1) is 12.8 Å². The van der Waals surface area contributed by atoms with Crippen molar-refractivity contribution in [2.45, 2.75) is 57.5 Å². The Morgan fingerprint density at radius 1 is 1.24 bits per heavy atom. The molecule has 21 heavy (non-hydrogen) atoms. The molecule has 3 atom stereocenters. The van der Waals surface area contributed by atoms with Gasteiger partial charge in [0.2, 0.25) is 5.91 Å². The maximum absolute atomic E-state index is 12.5. The number of benzene rings is 1. The quantitative estimate of drug-likeness (QED) is 0.845. The lowest BCUT2D eigenvalue weighted by Crippen LogP contribution is -2.53. The molecule has 114 valence electrons. The number of nitrogens with one attached hydrogen (secondary N) is 2. The second kappa shape index (κ2) is 6.49. The highest BCUT2D eigenvalue weighted by Crippen LogP contribution is 2.32. The Bertz CT molecular complexity index is 532. The van der Waals surface area contributed by atoms with Gasteiger partial charge in [-0.1, -0.05) is 28.8 Å². The number of piperidine rings is 1. The Kier molecular flexibility index (Phi) is 4.65. The molecule has 1 saturated heterocycles. The molecule has 3 unspecified atom stereocenters. The highest BCUT2D eigenvalue weighted by Gasteiger charge is 2.34. The topological polar surface area (TPSA) is 41.1 Å². The van der Waals surface area contributed by atoms with Gasteiger partial charge in [0.05, 0.1) is 6.04 Å². The molecule has 1 aromatic rings. The van der Waals surface area contributed by atoms with Gasteiger partial charge in [0, 0.05) is 16.2 Å². The second-order valence-corrected chi connectivity index (χ2v) is 7.26. The van der Waals surface area contributed by atoms with Gasteiger partial charge in [-0.2, -0.15) is 0 Å². The second-order valence-electron chi connectivity index (χ2n) is 6.40. The zero-order chi connectivity index (χ0) is 14.8. The Hall–Kier alpha value is -0.870. The summed E-state index contributed by atoms with van der Waals surface area (Å²) in [5.41, 5.74) is 2.02. The summed E-state index contributed by atoms with van der Waals surface area (Å²) >= 11 is 3.49. The van der Waals surface area contributed by atoms with E-state index in [1.165, 1.54) is 32.1 Å². The van der Waals surface area contributed by atoms with Gasteiger partial charge < -0.3 is 10.6 Å². The maximum atomic E-state index is 12.5. The normalized spacial score (nSPS) is 28.8. The maximum Gasteiger partial charge on any atom is 0.241 e. The zero-order valence-electron chi connectivity index (χ0n) is 12.5. The lowest BCUT2D eigenvalue weighted by atomic mass is 9.77. The van der Waals surface area contributed by atoms with E-state index >= 15 is 0 Å². The molecule has 2 aliphatic rings. The minimum atomic E-state index is -0.0340. The summed E-state index contributed by atoms with van der Waals surface area (Å²) in [7, 11) is 0. The molecule has 1 heterocycles. The minimum Gasteiger partial charge on any atom is -0.325 e. The summed E-state index contributed by atoms with van der Waals surface area (Å²) in [6.45, 7) is 2.03. The van der Waals surface area contributed by atoms with Crippen LogP contribution in [0.15, 0.2) is 22.7 Å². The standard InChI is InChI=1S/C17H23BrN2O/c1-11-10-13(7-8-14(11)18)19-17(21)16-9-6-12-4-2-3-5-15(12)20-16/h7-8,10,12,15-16,20H,2-6,9H2,1H3,(H,19,21). The Morgan fingerprint density at radius 2 is 2.05 bits per heavy atom. The van der Waals surface area contributed by atoms with Crippen LogP contribution in [-0.2, 0) is 4.79 Å². The van der Waals surface area contributed by atoms with E-state index in [1.54, 1.807) is 0 Å². The highest BCUT2D eigenvalue weighted by atomic mass is 79.9. The molecule has 3 rings (SSSR count). The van der Waals surface area contributed by atoms with Crippen LogP contribution in [0.25, 0.3) is 0 Å². The number of hydrogen-bond donors (Lipinski definition) is 2. The first-order chi connectivity index (χ1) is 10.1. The van der Waals surface area contributed by atoms with Gasteiger partial charge in [0.25, 0.3) is 0 Å². The summed E-state index contributed by atoms with van der Waals surface area (Å²) in [5.74, 6) is 0.901. The molecule has 1 aliphatic heterocycles. The van der Waals surface area contributed by atoms with E-state index in [4.69, 9.17) is 0 Å². The molecule has 4 heteroatoms. The molecular weight excluding hydrogens is 328 g/mol. The molecule has 1 aliphatic carbocycles. The number of fused-ring (bicyclic) bond motifs is 1. The molecule has 1 saturated carbocycles. The van der Waals surface area contributed by atoms with Crippen LogP contribution in [0.2, 0.25) is 0 Å². The fourth-order valence-electron chi connectivity index (χ4n) is 3.65. The van der Waals surface area contributed by atoms with Crippen molar-refractivity contribution in [3.8, 4) is 0 Å². The molecule has 3 nitrogen and oxygen atoms in total. The van der Waals surface area contributed by atoms with Crippen LogP contribution in [0.5, 0.6) is 0 Å². The average molecular weight is 351 g/mol. The third kappa shape index (κ3) is 3.49. The predicted molar refractivity (Wildman–Crippen MR) is 89.4 cm³/mol. The van der Waals surface area contributed by atoms with Gasteiger partial charge in [-0.15, -0.1) is 0 Å². The Balaban J connectivity index is 1.61. The van der Waals surface area contributed by atoms with Crippen LogP contribution >= 0.6 is 15.9 Å². The lowest BCUT2D eigenvalue weighted by Gasteiger charge is -2.39. The van der Waals surface area contributed by atoms with Gasteiger partial charge >= 0.3 is 0 Å². The molecule has 1 amide bonds. The average Bonchev–Trinajstić information content (AvgIpc) is 2.50. The fourth-order valence-corrected chi connectivity index (χ4v) is 3.90. The zero-order valence-corrected chi connectivity index (χ0v) is 14.1. The van der Waals surface area contributed by atoms with E-state index in [1.807, 2.05) is 25.1 Å². The van der Waals surface area contributed by atoms with E-state index in [9.17, 15) is 4.79 Å². The first kappa shape index (κ1) is 15.0. The van der Waals surface area contributed by atoms with Gasteiger partial charge in [-0.3, -0.25) is 4.79 Å². The third-order valence-electron chi connectivity index (χ3n) is 4.89. The highest BCUT2D eigenvalue weighted by molar-refractivity contribution is 9.10. The van der Waals surface area contributed by atoms with Crippen molar-refractivity contribution in [2.75, 3.05) is 5.32 Å². The summed E-state index contributed by atoms with van der Waals surface area (Å²) in [6, 6.07) is 6.45. The summed E-state index contributed by atoms with van der Waals surface area (Å²) in [5, 5.41) is 6.63.